The summed E-state index contributed by atoms with van der Waals surface area (Å²) in [6.45, 7) is 5.71. The van der Waals surface area contributed by atoms with E-state index in [1.165, 1.54) is 0 Å². The van der Waals surface area contributed by atoms with Gasteiger partial charge in [0, 0.05) is 12.7 Å². The quantitative estimate of drug-likeness (QED) is 0.862. The molecule has 110 valence electrons. The van der Waals surface area contributed by atoms with Gasteiger partial charge in [0.15, 0.2) is 0 Å². The number of carbonyl (C=O) groups excluding carboxylic acids is 2. The van der Waals surface area contributed by atoms with Crippen molar-refractivity contribution in [1.82, 2.24) is 5.32 Å². The topological polar surface area (TPSA) is 67.4 Å². The zero-order chi connectivity index (χ0) is 15.2. The van der Waals surface area contributed by atoms with Crippen LogP contribution in [0, 0.1) is 0 Å². The number of nitrogens with one attached hydrogen (secondary N) is 2. The Morgan fingerprint density at radius 3 is 2.20 bits per heavy atom. The van der Waals surface area contributed by atoms with Crippen LogP contribution < -0.4 is 10.6 Å². The highest BCUT2D eigenvalue weighted by molar-refractivity contribution is 5.91. The minimum Gasteiger partial charge on any atom is -0.366 e. The third-order valence-corrected chi connectivity index (χ3v) is 2.52. The van der Waals surface area contributed by atoms with Crippen molar-refractivity contribution in [3.05, 3.63) is 29.8 Å². The first-order valence-electron chi connectivity index (χ1n) is 6.53. The molecule has 0 atom stereocenters. The van der Waals surface area contributed by atoms with Gasteiger partial charge in [-0.25, -0.2) is 0 Å². The van der Waals surface area contributed by atoms with Crippen LogP contribution in [0.2, 0.25) is 0 Å². The van der Waals surface area contributed by atoms with E-state index in [-0.39, 0.29) is 24.0 Å². The van der Waals surface area contributed by atoms with Crippen LogP contribution in [-0.4, -0.2) is 31.1 Å². The van der Waals surface area contributed by atoms with Crippen molar-refractivity contribution in [1.29, 1.82) is 0 Å². The third-order valence-electron chi connectivity index (χ3n) is 2.52. The van der Waals surface area contributed by atoms with Crippen molar-refractivity contribution >= 4 is 17.5 Å². The summed E-state index contributed by atoms with van der Waals surface area (Å²) in [4.78, 5) is 22.9. The van der Waals surface area contributed by atoms with E-state index < -0.39 is 0 Å². The van der Waals surface area contributed by atoms with Gasteiger partial charge < -0.3 is 15.4 Å². The maximum Gasteiger partial charge on any atom is 0.250 e. The summed E-state index contributed by atoms with van der Waals surface area (Å²) in [5.74, 6) is -0.237. The monoisotopic (exact) mass is 278 g/mol. The van der Waals surface area contributed by atoms with Gasteiger partial charge in [-0.05, 0) is 38.5 Å². The van der Waals surface area contributed by atoms with E-state index in [1.54, 1.807) is 19.2 Å². The summed E-state index contributed by atoms with van der Waals surface area (Å²) in [6.07, 6.45) is 0.331. The fraction of sp³-hybridized carbons (Fsp3) is 0.467. The Kier molecular flexibility index (Phi) is 5.70. The number of hydrogen-bond acceptors (Lipinski definition) is 3. The highest BCUT2D eigenvalue weighted by Gasteiger charge is 2.12. The average molecular weight is 278 g/mol. The number of rotatable bonds is 5. The van der Waals surface area contributed by atoms with Gasteiger partial charge in [-0.2, -0.15) is 0 Å². The van der Waals surface area contributed by atoms with E-state index >= 15 is 0 Å². The van der Waals surface area contributed by atoms with E-state index in [0.29, 0.717) is 12.1 Å². The molecular weight excluding hydrogens is 256 g/mol. The Morgan fingerprint density at radius 2 is 1.70 bits per heavy atom. The lowest BCUT2D eigenvalue weighted by atomic mass is 10.1. The first-order chi connectivity index (χ1) is 9.30. The largest absolute Gasteiger partial charge is 0.366 e. The molecule has 0 heterocycles. The van der Waals surface area contributed by atoms with Crippen molar-refractivity contribution in [3.63, 3.8) is 0 Å². The SMILES string of the molecule is CNC(=O)Cc1ccc(NC(=O)COC(C)(C)C)cc1. The number of carbonyl (C=O) groups is 2. The van der Waals surface area contributed by atoms with E-state index in [0.717, 1.165) is 5.56 Å². The van der Waals surface area contributed by atoms with Crippen LogP contribution in [0.15, 0.2) is 24.3 Å². The Hall–Kier alpha value is -1.88. The van der Waals surface area contributed by atoms with Gasteiger partial charge in [-0.1, -0.05) is 12.1 Å². The summed E-state index contributed by atoms with van der Waals surface area (Å²) in [7, 11) is 1.60. The molecule has 0 aliphatic carbocycles. The van der Waals surface area contributed by atoms with Crippen LogP contribution in [0.1, 0.15) is 26.3 Å². The standard InChI is InChI=1S/C15H22N2O3/c1-15(2,3)20-10-14(19)17-12-7-5-11(6-8-12)9-13(18)16-4/h5-8H,9-10H2,1-4H3,(H,16,18)(H,17,19). The molecule has 0 unspecified atom stereocenters. The van der Waals surface area contributed by atoms with Crippen LogP contribution in [0.4, 0.5) is 5.69 Å². The van der Waals surface area contributed by atoms with E-state index in [9.17, 15) is 9.59 Å². The second-order valence-corrected chi connectivity index (χ2v) is 5.50. The second kappa shape index (κ2) is 7.05. The van der Waals surface area contributed by atoms with E-state index in [4.69, 9.17) is 4.74 Å². The third kappa shape index (κ3) is 6.33. The van der Waals surface area contributed by atoms with Crippen LogP contribution >= 0.6 is 0 Å². The molecule has 5 heteroatoms. The van der Waals surface area contributed by atoms with Gasteiger partial charge in [0.25, 0.3) is 0 Å². The molecule has 0 aliphatic rings. The van der Waals surface area contributed by atoms with E-state index in [2.05, 4.69) is 10.6 Å². The first-order valence-corrected chi connectivity index (χ1v) is 6.53. The lowest BCUT2D eigenvalue weighted by molar-refractivity contribution is -0.125. The fourth-order valence-corrected chi connectivity index (χ4v) is 1.46. The molecule has 0 aliphatic heterocycles. The Bertz CT molecular complexity index is 461. The predicted molar refractivity (Wildman–Crippen MR) is 78.5 cm³/mol. The molecule has 0 aromatic heterocycles. The Labute approximate surface area is 119 Å². The molecule has 0 spiro atoms. The van der Waals surface area contributed by atoms with Crippen LogP contribution in [0.3, 0.4) is 0 Å². The average Bonchev–Trinajstić information content (AvgIpc) is 2.38. The molecule has 1 rings (SSSR count). The molecule has 0 fully saturated rings. The summed E-state index contributed by atoms with van der Waals surface area (Å²) >= 11 is 0. The van der Waals surface area contributed by atoms with Crippen LogP contribution in [-0.2, 0) is 20.7 Å². The predicted octanol–water partition coefficient (Wildman–Crippen LogP) is 1.73. The normalized spacial score (nSPS) is 11.0. The number of ether oxygens (including phenoxy) is 1. The maximum absolute atomic E-state index is 11.7. The Balaban J connectivity index is 2.49. The smallest absolute Gasteiger partial charge is 0.250 e. The molecular formula is C15H22N2O3. The summed E-state index contributed by atoms with van der Waals surface area (Å²) < 4.78 is 5.39. The lowest BCUT2D eigenvalue weighted by Gasteiger charge is -2.19. The van der Waals surface area contributed by atoms with Crippen molar-refractivity contribution in [2.75, 3.05) is 19.0 Å². The zero-order valence-corrected chi connectivity index (χ0v) is 12.4. The van der Waals surface area contributed by atoms with Gasteiger partial charge in [0.05, 0.1) is 12.0 Å². The van der Waals surface area contributed by atoms with Gasteiger partial charge in [-0.15, -0.1) is 0 Å². The number of amides is 2. The van der Waals surface area contributed by atoms with Crippen LogP contribution in [0.25, 0.3) is 0 Å². The van der Waals surface area contributed by atoms with Crippen molar-refractivity contribution in [2.45, 2.75) is 32.8 Å². The van der Waals surface area contributed by atoms with Gasteiger partial charge in [-0.3, -0.25) is 9.59 Å². The molecule has 20 heavy (non-hydrogen) atoms. The molecule has 5 nitrogen and oxygen atoms in total. The fourth-order valence-electron chi connectivity index (χ4n) is 1.46. The Morgan fingerprint density at radius 1 is 1.10 bits per heavy atom. The number of likely N-dealkylation sites (N-methyl/N-ethyl adjacent to an activating group) is 1. The highest BCUT2D eigenvalue weighted by Crippen LogP contribution is 2.11. The lowest BCUT2D eigenvalue weighted by Crippen LogP contribution is -2.27. The summed E-state index contributed by atoms with van der Waals surface area (Å²) in [5.41, 5.74) is 1.25. The number of hydrogen-bond donors (Lipinski definition) is 2. The van der Waals surface area contributed by atoms with Gasteiger partial charge >= 0.3 is 0 Å². The minimum absolute atomic E-state index is 0.0174. The van der Waals surface area contributed by atoms with Gasteiger partial charge in [0.1, 0.15) is 6.61 Å². The van der Waals surface area contributed by atoms with Crippen molar-refractivity contribution in [2.24, 2.45) is 0 Å². The van der Waals surface area contributed by atoms with Crippen molar-refractivity contribution in [3.8, 4) is 0 Å². The minimum atomic E-state index is -0.339. The maximum atomic E-state index is 11.7. The second-order valence-electron chi connectivity index (χ2n) is 5.50. The zero-order valence-electron chi connectivity index (χ0n) is 12.4. The van der Waals surface area contributed by atoms with Crippen molar-refractivity contribution < 1.29 is 14.3 Å². The molecule has 2 amide bonds. The van der Waals surface area contributed by atoms with E-state index in [1.807, 2.05) is 32.9 Å². The number of anilines is 1. The molecule has 0 bridgehead atoms. The highest BCUT2D eigenvalue weighted by atomic mass is 16.5. The van der Waals surface area contributed by atoms with Crippen LogP contribution in [0.5, 0.6) is 0 Å². The molecule has 1 aromatic carbocycles. The first kappa shape index (κ1) is 16.2. The number of benzene rings is 1. The molecule has 0 saturated heterocycles. The summed E-state index contributed by atoms with van der Waals surface area (Å²) in [6, 6.07) is 7.17. The molecule has 2 N–H and O–H groups in total. The molecule has 0 saturated carbocycles. The van der Waals surface area contributed by atoms with Gasteiger partial charge in [0.2, 0.25) is 11.8 Å². The molecule has 1 aromatic rings. The summed E-state index contributed by atoms with van der Waals surface area (Å²) in [5, 5.41) is 5.31. The molecule has 0 radical (unpaired) electrons.